The first kappa shape index (κ1) is 14.4. The van der Waals surface area contributed by atoms with Crippen molar-refractivity contribution < 1.29 is 0 Å². The van der Waals surface area contributed by atoms with Crippen molar-refractivity contribution in [3.8, 4) is 0 Å². The number of aromatic nitrogens is 2. The van der Waals surface area contributed by atoms with Crippen molar-refractivity contribution in [2.45, 2.75) is 17.4 Å². The second-order valence-electron chi connectivity index (χ2n) is 4.29. The van der Waals surface area contributed by atoms with Crippen LogP contribution < -0.4 is 11.3 Å². The Morgan fingerprint density at radius 2 is 2.37 bits per heavy atom. The van der Waals surface area contributed by atoms with E-state index in [0.717, 1.165) is 27.9 Å². The van der Waals surface area contributed by atoms with Crippen molar-refractivity contribution in [1.82, 2.24) is 15.0 Å². The molecule has 2 aromatic rings. The number of hydrogen-bond donors (Lipinski definition) is 2. The summed E-state index contributed by atoms with van der Waals surface area (Å²) in [5.74, 6) is 7.49. The average molecular weight is 297 g/mol. The number of imidazole rings is 1. The van der Waals surface area contributed by atoms with E-state index in [-0.39, 0.29) is 6.04 Å². The third-order valence-corrected chi connectivity index (χ3v) is 4.22. The minimum absolute atomic E-state index is 0.171. The maximum atomic E-state index is 5.96. The van der Waals surface area contributed by atoms with Gasteiger partial charge in [0.25, 0.3) is 0 Å². The quantitative estimate of drug-likeness (QED) is 0.488. The average Bonchev–Trinajstić information content (AvgIpc) is 2.80. The molecule has 0 saturated carbocycles. The molecule has 0 bridgehead atoms. The highest BCUT2D eigenvalue weighted by Gasteiger charge is 2.11. The van der Waals surface area contributed by atoms with Gasteiger partial charge in [0.1, 0.15) is 5.82 Å². The van der Waals surface area contributed by atoms with Gasteiger partial charge in [0.05, 0.1) is 0 Å². The van der Waals surface area contributed by atoms with Crippen LogP contribution in [0.3, 0.4) is 0 Å². The van der Waals surface area contributed by atoms with Crippen LogP contribution in [0.5, 0.6) is 0 Å². The molecule has 0 spiro atoms. The predicted molar refractivity (Wildman–Crippen MR) is 80.2 cm³/mol. The van der Waals surface area contributed by atoms with E-state index in [1.165, 1.54) is 0 Å². The smallest absolute Gasteiger partial charge is 0.110 e. The molecule has 0 saturated heterocycles. The second kappa shape index (κ2) is 6.96. The molecule has 6 heteroatoms. The van der Waals surface area contributed by atoms with Crippen LogP contribution in [0.1, 0.15) is 5.82 Å². The number of aryl methyl sites for hydroxylation is 1. The fraction of sp³-hybridized carbons (Fsp3) is 0.308. The molecule has 1 atom stereocenters. The Kier molecular flexibility index (Phi) is 5.27. The third-order valence-electron chi connectivity index (χ3n) is 2.83. The normalized spacial score (nSPS) is 12.6. The molecule has 102 valence electrons. The molecule has 1 unspecified atom stereocenters. The van der Waals surface area contributed by atoms with Crippen molar-refractivity contribution in [3.63, 3.8) is 0 Å². The van der Waals surface area contributed by atoms with Crippen LogP contribution in [0.15, 0.2) is 41.6 Å². The van der Waals surface area contributed by atoms with E-state index in [2.05, 4.69) is 10.4 Å². The minimum Gasteiger partial charge on any atom is -0.338 e. The Balaban J connectivity index is 1.91. The lowest BCUT2D eigenvalue weighted by molar-refractivity contribution is 0.552. The number of nitrogens with zero attached hydrogens (tertiary/aromatic N) is 2. The topological polar surface area (TPSA) is 55.9 Å². The van der Waals surface area contributed by atoms with Gasteiger partial charge in [-0.3, -0.25) is 11.3 Å². The molecule has 1 heterocycles. The van der Waals surface area contributed by atoms with Gasteiger partial charge in [-0.2, -0.15) is 0 Å². The van der Waals surface area contributed by atoms with Gasteiger partial charge < -0.3 is 4.57 Å². The Bertz CT molecular complexity index is 529. The number of nitrogens with two attached hydrogens (primary N) is 1. The molecule has 0 aliphatic carbocycles. The predicted octanol–water partition coefficient (Wildman–Crippen LogP) is 2.24. The number of hydrazine groups is 1. The van der Waals surface area contributed by atoms with Gasteiger partial charge in [-0.05, 0) is 18.2 Å². The second-order valence-corrected chi connectivity index (χ2v) is 5.82. The number of nitrogens with one attached hydrogen (secondary N) is 1. The summed E-state index contributed by atoms with van der Waals surface area (Å²) in [5.41, 5.74) is 2.85. The van der Waals surface area contributed by atoms with Crippen LogP contribution in [-0.4, -0.2) is 21.3 Å². The highest BCUT2D eigenvalue weighted by molar-refractivity contribution is 7.99. The Labute approximate surface area is 122 Å². The Morgan fingerprint density at radius 3 is 3.00 bits per heavy atom. The van der Waals surface area contributed by atoms with Gasteiger partial charge in [-0.15, -0.1) is 11.8 Å². The monoisotopic (exact) mass is 296 g/mol. The molecule has 0 amide bonds. The van der Waals surface area contributed by atoms with Crippen LogP contribution in [0.25, 0.3) is 0 Å². The van der Waals surface area contributed by atoms with E-state index < -0.39 is 0 Å². The standard InChI is InChI=1S/C13H17ClN4S/c1-18-6-5-16-13(18)8-11(17-15)9-19-12-4-2-3-10(14)7-12/h2-7,11,17H,8-9,15H2,1H3. The largest absolute Gasteiger partial charge is 0.338 e. The molecule has 2 rings (SSSR count). The molecular formula is C13H17ClN4S. The maximum absolute atomic E-state index is 5.96. The van der Waals surface area contributed by atoms with E-state index in [4.69, 9.17) is 17.4 Å². The van der Waals surface area contributed by atoms with Crippen molar-refractivity contribution in [1.29, 1.82) is 0 Å². The molecule has 0 radical (unpaired) electrons. The summed E-state index contributed by atoms with van der Waals surface area (Å²) in [5, 5.41) is 0.756. The molecular weight excluding hydrogens is 280 g/mol. The van der Waals surface area contributed by atoms with Gasteiger partial charge >= 0.3 is 0 Å². The first-order valence-corrected chi connectivity index (χ1v) is 7.36. The van der Waals surface area contributed by atoms with Crippen molar-refractivity contribution in [3.05, 3.63) is 47.5 Å². The molecule has 4 nitrogen and oxygen atoms in total. The summed E-state index contributed by atoms with van der Waals surface area (Å²) < 4.78 is 2.01. The molecule has 0 fully saturated rings. The van der Waals surface area contributed by atoms with Crippen LogP contribution in [-0.2, 0) is 13.5 Å². The summed E-state index contributed by atoms with van der Waals surface area (Å²) in [6, 6.07) is 8.00. The van der Waals surface area contributed by atoms with E-state index in [9.17, 15) is 0 Å². The van der Waals surface area contributed by atoms with Gasteiger partial charge in [0.15, 0.2) is 0 Å². The number of benzene rings is 1. The Hall–Kier alpha value is -1.01. The third kappa shape index (κ3) is 4.24. The van der Waals surface area contributed by atoms with Gasteiger partial charge in [-0.1, -0.05) is 17.7 Å². The van der Waals surface area contributed by atoms with Crippen molar-refractivity contribution in [2.75, 3.05) is 5.75 Å². The molecule has 3 N–H and O–H groups in total. The zero-order valence-corrected chi connectivity index (χ0v) is 12.3. The van der Waals surface area contributed by atoms with Crippen molar-refractivity contribution in [2.24, 2.45) is 12.9 Å². The highest BCUT2D eigenvalue weighted by Crippen LogP contribution is 2.22. The van der Waals surface area contributed by atoms with Crippen LogP contribution in [0, 0.1) is 0 Å². The summed E-state index contributed by atoms with van der Waals surface area (Å²) in [4.78, 5) is 5.46. The zero-order valence-electron chi connectivity index (χ0n) is 10.7. The lowest BCUT2D eigenvalue weighted by atomic mass is 10.2. The number of halogens is 1. The van der Waals surface area contributed by atoms with E-state index >= 15 is 0 Å². The molecule has 0 aliphatic heterocycles. The van der Waals surface area contributed by atoms with Gasteiger partial charge in [-0.25, -0.2) is 4.98 Å². The molecule has 1 aromatic carbocycles. The Morgan fingerprint density at radius 1 is 1.53 bits per heavy atom. The lowest BCUT2D eigenvalue weighted by Gasteiger charge is -2.15. The summed E-state index contributed by atoms with van der Waals surface area (Å²) in [6.07, 6.45) is 4.54. The van der Waals surface area contributed by atoms with Crippen molar-refractivity contribution >= 4 is 23.4 Å². The fourth-order valence-electron chi connectivity index (χ4n) is 1.73. The summed E-state index contributed by atoms with van der Waals surface area (Å²) in [7, 11) is 1.99. The van der Waals surface area contributed by atoms with Gasteiger partial charge in [0, 0.05) is 47.6 Å². The first-order chi connectivity index (χ1) is 9.19. The fourth-order valence-corrected chi connectivity index (χ4v) is 2.98. The minimum atomic E-state index is 0.171. The highest BCUT2D eigenvalue weighted by atomic mass is 35.5. The number of hydrogen-bond acceptors (Lipinski definition) is 4. The number of thioether (sulfide) groups is 1. The van der Waals surface area contributed by atoms with Crippen LogP contribution in [0.4, 0.5) is 0 Å². The van der Waals surface area contributed by atoms with E-state index in [1.807, 2.05) is 42.1 Å². The van der Waals surface area contributed by atoms with Crippen LogP contribution in [0.2, 0.25) is 5.02 Å². The summed E-state index contributed by atoms with van der Waals surface area (Å²) in [6.45, 7) is 0. The summed E-state index contributed by atoms with van der Waals surface area (Å²) >= 11 is 7.69. The van der Waals surface area contributed by atoms with Gasteiger partial charge in [0.2, 0.25) is 0 Å². The molecule has 19 heavy (non-hydrogen) atoms. The van der Waals surface area contributed by atoms with Crippen LogP contribution >= 0.6 is 23.4 Å². The molecule has 1 aromatic heterocycles. The maximum Gasteiger partial charge on any atom is 0.110 e. The zero-order chi connectivity index (χ0) is 13.7. The SMILES string of the molecule is Cn1ccnc1CC(CSc1cccc(Cl)c1)NN. The first-order valence-electron chi connectivity index (χ1n) is 5.99. The van der Waals surface area contributed by atoms with E-state index in [0.29, 0.717) is 0 Å². The number of rotatable bonds is 6. The lowest BCUT2D eigenvalue weighted by Crippen LogP contribution is -2.39. The van der Waals surface area contributed by atoms with E-state index in [1.54, 1.807) is 18.0 Å². The molecule has 0 aliphatic rings.